The summed E-state index contributed by atoms with van der Waals surface area (Å²) < 4.78 is 5.77. The quantitative estimate of drug-likeness (QED) is 0.358. The number of amides is 2. The molecule has 5 rings (SSSR count). The van der Waals surface area contributed by atoms with Gasteiger partial charge in [0.25, 0.3) is 5.91 Å². The van der Waals surface area contributed by atoms with E-state index in [1.54, 1.807) is 6.92 Å². The molecule has 1 aromatic heterocycles. The molecule has 0 atom stereocenters. The van der Waals surface area contributed by atoms with Crippen molar-refractivity contribution < 1.29 is 14.3 Å². The maximum atomic E-state index is 12.2. The number of nitrogens with zero attached hydrogens (tertiary/aromatic N) is 3. The fraction of sp³-hybridized carbons (Fsp3) is 0.400. The first-order valence-electron chi connectivity index (χ1n) is 13.7. The number of ether oxygens (including phenoxy) is 1. The Bertz CT molecular complexity index is 1380. The van der Waals surface area contributed by atoms with Gasteiger partial charge in [0.05, 0.1) is 12.2 Å². The minimum Gasteiger partial charge on any atom is -0.484 e. The van der Waals surface area contributed by atoms with Gasteiger partial charge in [0, 0.05) is 61.2 Å². The molecule has 3 aromatic rings. The van der Waals surface area contributed by atoms with E-state index in [2.05, 4.69) is 45.8 Å². The fourth-order valence-electron chi connectivity index (χ4n) is 4.92. The average Bonchev–Trinajstić information content (AvgIpc) is 3.46. The molecule has 10 heteroatoms. The van der Waals surface area contributed by atoms with Crippen LogP contribution in [0.2, 0.25) is 0 Å². The Morgan fingerprint density at radius 2 is 1.82 bits per heavy atom. The van der Waals surface area contributed by atoms with Crippen LogP contribution in [0.4, 0.5) is 11.5 Å². The predicted octanol–water partition coefficient (Wildman–Crippen LogP) is 3.28. The van der Waals surface area contributed by atoms with E-state index in [-0.39, 0.29) is 24.0 Å². The molecule has 0 aliphatic carbocycles. The largest absolute Gasteiger partial charge is 0.484 e. The molecular weight excluding hydrogens is 506 g/mol. The van der Waals surface area contributed by atoms with E-state index < -0.39 is 0 Å². The second-order valence-corrected chi connectivity index (χ2v) is 11.3. The molecule has 1 saturated heterocycles. The van der Waals surface area contributed by atoms with E-state index in [0.29, 0.717) is 42.8 Å². The van der Waals surface area contributed by atoms with Crippen molar-refractivity contribution in [2.45, 2.75) is 52.1 Å². The lowest BCUT2D eigenvalue weighted by Crippen LogP contribution is -2.43. The first-order chi connectivity index (χ1) is 19.1. The van der Waals surface area contributed by atoms with Gasteiger partial charge >= 0.3 is 0 Å². The molecule has 4 N–H and O–H groups in total. The second-order valence-electron chi connectivity index (χ2n) is 11.3. The molecule has 2 aliphatic heterocycles. The summed E-state index contributed by atoms with van der Waals surface area (Å²) in [4.78, 5) is 36.0. The van der Waals surface area contributed by atoms with Crippen LogP contribution in [0.25, 0.3) is 11.4 Å². The van der Waals surface area contributed by atoms with Crippen LogP contribution in [-0.2, 0) is 22.6 Å². The standard InChI is InChI=1S/C30H37N7O3/c1-19(38)37-13-12-26-25(17-37)29(33-23-10-8-20(9-11-23)22-15-31-32-16-22)35-28(34-26)21-6-5-7-24(14-21)40-18-27(39)36-30(2,3)4/h5-11,14,22,31-32H,12-13,15-18H2,1-4H3,(H,36,39)(H,33,34,35). The Kier molecular flexibility index (Phi) is 7.99. The van der Waals surface area contributed by atoms with Gasteiger partial charge in [-0.15, -0.1) is 0 Å². The van der Waals surface area contributed by atoms with E-state index >= 15 is 0 Å². The van der Waals surface area contributed by atoms with Crippen molar-refractivity contribution in [2.24, 2.45) is 0 Å². The van der Waals surface area contributed by atoms with E-state index in [1.807, 2.05) is 49.9 Å². The van der Waals surface area contributed by atoms with Gasteiger partial charge in [0.1, 0.15) is 11.6 Å². The van der Waals surface area contributed by atoms with Crippen molar-refractivity contribution in [3.8, 4) is 17.1 Å². The van der Waals surface area contributed by atoms with E-state index in [9.17, 15) is 9.59 Å². The van der Waals surface area contributed by atoms with Crippen molar-refractivity contribution in [3.63, 3.8) is 0 Å². The molecule has 2 amide bonds. The molecule has 10 nitrogen and oxygen atoms in total. The summed E-state index contributed by atoms with van der Waals surface area (Å²) in [6, 6.07) is 15.8. The molecule has 40 heavy (non-hydrogen) atoms. The van der Waals surface area contributed by atoms with Gasteiger partial charge < -0.3 is 20.3 Å². The minimum absolute atomic E-state index is 0.0316. The number of carbonyl (C=O) groups excluding carboxylic acids is 2. The van der Waals surface area contributed by atoms with Crippen LogP contribution in [0.5, 0.6) is 5.75 Å². The van der Waals surface area contributed by atoms with Crippen LogP contribution in [0.3, 0.4) is 0 Å². The van der Waals surface area contributed by atoms with Gasteiger partial charge in [-0.05, 0) is 50.6 Å². The number of benzene rings is 2. The Labute approximate surface area is 234 Å². The number of hydrogen-bond donors (Lipinski definition) is 4. The number of carbonyl (C=O) groups is 2. The third-order valence-corrected chi connectivity index (χ3v) is 6.95. The van der Waals surface area contributed by atoms with Gasteiger partial charge in [-0.2, -0.15) is 0 Å². The molecule has 0 radical (unpaired) electrons. The van der Waals surface area contributed by atoms with Crippen molar-refractivity contribution in [3.05, 3.63) is 65.4 Å². The molecule has 2 aliphatic rings. The second kappa shape index (κ2) is 11.6. The van der Waals surface area contributed by atoms with Crippen molar-refractivity contribution >= 4 is 23.3 Å². The number of anilines is 2. The highest BCUT2D eigenvalue weighted by atomic mass is 16.5. The number of hydrogen-bond acceptors (Lipinski definition) is 8. The van der Waals surface area contributed by atoms with Gasteiger partial charge in [0.15, 0.2) is 12.4 Å². The number of hydrazine groups is 1. The number of fused-ring (bicyclic) bond motifs is 1. The van der Waals surface area contributed by atoms with Crippen molar-refractivity contribution in [1.29, 1.82) is 0 Å². The number of rotatable bonds is 7. The Morgan fingerprint density at radius 3 is 2.52 bits per heavy atom. The van der Waals surface area contributed by atoms with Gasteiger partial charge in [0.2, 0.25) is 5.91 Å². The zero-order valence-corrected chi connectivity index (χ0v) is 23.5. The van der Waals surface area contributed by atoms with E-state index in [0.717, 1.165) is 35.6 Å². The third kappa shape index (κ3) is 6.75. The van der Waals surface area contributed by atoms with Gasteiger partial charge in [-0.1, -0.05) is 24.3 Å². The third-order valence-electron chi connectivity index (χ3n) is 6.95. The number of nitrogens with one attached hydrogen (secondary N) is 4. The zero-order chi connectivity index (χ0) is 28.3. The molecule has 0 saturated carbocycles. The Hall–Kier alpha value is -4.02. The monoisotopic (exact) mass is 543 g/mol. The highest BCUT2D eigenvalue weighted by Gasteiger charge is 2.25. The molecule has 3 heterocycles. The first-order valence-corrected chi connectivity index (χ1v) is 13.7. The summed E-state index contributed by atoms with van der Waals surface area (Å²) in [5, 5.41) is 6.39. The lowest BCUT2D eigenvalue weighted by molar-refractivity contribution is -0.129. The van der Waals surface area contributed by atoms with Crippen molar-refractivity contribution in [2.75, 3.05) is 31.6 Å². The van der Waals surface area contributed by atoms with Crippen LogP contribution < -0.4 is 26.2 Å². The van der Waals surface area contributed by atoms with Crippen molar-refractivity contribution in [1.82, 2.24) is 31.0 Å². The normalized spacial score (nSPS) is 15.4. The molecule has 210 valence electrons. The molecule has 0 unspecified atom stereocenters. The lowest BCUT2D eigenvalue weighted by atomic mass is 10.00. The molecular formula is C30H37N7O3. The van der Waals surface area contributed by atoms with Crippen LogP contribution in [0.15, 0.2) is 48.5 Å². The fourth-order valence-corrected chi connectivity index (χ4v) is 4.92. The topological polar surface area (TPSA) is 121 Å². The highest BCUT2D eigenvalue weighted by molar-refractivity contribution is 5.78. The molecule has 1 fully saturated rings. The summed E-state index contributed by atoms with van der Waals surface area (Å²) >= 11 is 0. The summed E-state index contributed by atoms with van der Waals surface area (Å²) in [6.07, 6.45) is 0.642. The van der Waals surface area contributed by atoms with Gasteiger partial charge in [-0.25, -0.2) is 9.97 Å². The lowest BCUT2D eigenvalue weighted by Gasteiger charge is -2.29. The minimum atomic E-state index is -0.328. The first kappa shape index (κ1) is 27.5. The van der Waals surface area contributed by atoms with Gasteiger partial charge in [-0.3, -0.25) is 20.4 Å². The summed E-state index contributed by atoms with van der Waals surface area (Å²) in [5.41, 5.74) is 10.8. The maximum absolute atomic E-state index is 12.2. The molecule has 0 bridgehead atoms. The SMILES string of the molecule is CC(=O)N1CCc2nc(-c3cccc(OCC(=O)NC(C)(C)C)c3)nc(Nc3ccc(C4CNNC4)cc3)c2C1. The smallest absolute Gasteiger partial charge is 0.258 e. The average molecular weight is 544 g/mol. The highest BCUT2D eigenvalue weighted by Crippen LogP contribution is 2.31. The van der Waals surface area contributed by atoms with Crippen LogP contribution in [-0.4, -0.2) is 58.5 Å². The Morgan fingerprint density at radius 1 is 1.07 bits per heavy atom. The Balaban J connectivity index is 1.41. The van der Waals surface area contributed by atoms with Crippen LogP contribution in [0, 0.1) is 0 Å². The predicted molar refractivity (Wildman–Crippen MR) is 154 cm³/mol. The van der Waals surface area contributed by atoms with E-state index in [1.165, 1.54) is 5.56 Å². The number of aromatic nitrogens is 2. The maximum Gasteiger partial charge on any atom is 0.258 e. The van der Waals surface area contributed by atoms with E-state index in [4.69, 9.17) is 14.7 Å². The molecule has 0 spiro atoms. The zero-order valence-electron chi connectivity index (χ0n) is 23.5. The summed E-state index contributed by atoms with van der Waals surface area (Å²) in [6.45, 7) is 10.2. The summed E-state index contributed by atoms with van der Waals surface area (Å²) in [7, 11) is 0. The summed E-state index contributed by atoms with van der Waals surface area (Å²) in [5.74, 6) is 2.08. The van der Waals surface area contributed by atoms with Crippen LogP contribution in [0.1, 0.15) is 50.4 Å². The molecule has 2 aromatic carbocycles. The van der Waals surface area contributed by atoms with Crippen LogP contribution >= 0.6 is 0 Å².